The van der Waals surface area contributed by atoms with E-state index in [1.165, 1.54) is 0 Å². The molecule has 2 amide bonds. The molecule has 3 rings (SSSR count). The molecule has 0 atom stereocenters. The lowest BCUT2D eigenvalue weighted by atomic mass is 10.1. The molecule has 0 radical (unpaired) electrons. The number of nitrogens with one attached hydrogen (secondary N) is 2. The standard InChI is InChI=1S/C27H33N3O5/c1-6-34-23-14-10-21(11-15-23)29-27(32)30(16-20-8-12-22(33-5)13-9-20)17-24-18(3)25(28-19(24)4)26(31)35-7-2/h8-15,28H,6-7,16-17H2,1-5H3,(H,29,32). The third-order valence-corrected chi connectivity index (χ3v) is 5.66. The predicted molar refractivity (Wildman–Crippen MR) is 135 cm³/mol. The molecule has 2 aromatic carbocycles. The van der Waals surface area contributed by atoms with Crippen molar-refractivity contribution in [2.75, 3.05) is 25.6 Å². The third kappa shape index (κ3) is 6.56. The molecule has 0 fully saturated rings. The monoisotopic (exact) mass is 479 g/mol. The predicted octanol–water partition coefficient (Wildman–Crippen LogP) is 5.45. The molecular formula is C27H33N3O5. The van der Waals surface area contributed by atoms with Gasteiger partial charge in [0.2, 0.25) is 0 Å². The summed E-state index contributed by atoms with van der Waals surface area (Å²) in [6.45, 7) is 8.98. The largest absolute Gasteiger partial charge is 0.497 e. The molecule has 8 nitrogen and oxygen atoms in total. The van der Waals surface area contributed by atoms with Gasteiger partial charge in [0.15, 0.2) is 0 Å². The quantitative estimate of drug-likeness (QED) is 0.377. The minimum absolute atomic E-state index is 0.261. The van der Waals surface area contributed by atoms with E-state index in [9.17, 15) is 9.59 Å². The number of carbonyl (C=O) groups excluding carboxylic acids is 2. The Labute approximate surface area is 206 Å². The van der Waals surface area contributed by atoms with Gasteiger partial charge < -0.3 is 29.4 Å². The molecule has 0 unspecified atom stereocenters. The molecular weight excluding hydrogens is 446 g/mol. The van der Waals surface area contributed by atoms with Crippen LogP contribution in [0, 0.1) is 13.8 Å². The number of benzene rings is 2. The Morgan fingerprint density at radius 3 is 2.17 bits per heavy atom. The third-order valence-electron chi connectivity index (χ3n) is 5.66. The van der Waals surface area contributed by atoms with Crippen molar-refractivity contribution in [1.82, 2.24) is 9.88 Å². The minimum atomic E-state index is -0.403. The number of ether oxygens (including phenoxy) is 3. The second kappa shape index (κ2) is 12.0. The average molecular weight is 480 g/mol. The van der Waals surface area contributed by atoms with E-state index in [0.717, 1.165) is 33.9 Å². The van der Waals surface area contributed by atoms with E-state index < -0.39 is 5.97 Å². The number of aryl methyl sites for hydroxylation is 1. The zero-order valence-electron chi connectivity index (χ0n) is 20.9. The summed E-state index contributed by atoms with van der Waals surface area (Å²) in [5.74, 6) is 1.08. The van der Waals surface area contributed by atoms with Crippen molar-refractivity contribution >= 4 is 17.7 Å². The second-order valence-electron chi connectivity index (χ2n) is 8.04. The Bertz CT molecular complexity index is 1140. The van der Waals surface area contributed by atoms with Gasteiger partial charge in [-0.05, 0) is 80.8 Å². The molecule has 0 aliphatic carbocycles. The van der Waals surface area contributed by atoms with Crippen molar-refractivity contribution in [3.05, 3.63) is 76.6 Å². The van der Waals surface area contributed by atoms with E-state index in [2.05, 4.69) is 10.3 Å². The highest BCUT2D eigenvalue weighted by Crippen LogP contribution is 2.23. The Morgan fingerprint density at radius 2 is 1.57 bits per heavy atom. The van der Waals surface area contributed by atoms with E-state index in [0.29, 0.717) is 37.7 Å². The average Bonchev–Trinajstić information content (AvgIpc) is 3.14. The maximum atomic E-state index is 13.4. The van der Waals surface area contributed by atoms with Gasteiger partial charge in [0.1, 0.15) is 17.2 Å². The smallest absolute Gasteiger partial charge is 0.355 e. The van der Waals surface area contributed by atoms with Gasteiger partial charge in [-0.1, -0.05) is 12.1 Å². The molecule has 8 heteroatoms. The fraction of sp³-hybridized carbons (Fsp3) is 0.333. The van der Waals surface area contributed by atoms with Gasteiger partial charge in [0.25, 0.3) is 0 Å². The zero-order chi connectivity index (χ0) is 25.4. The number of hydrogen-bond acceptors (Lipinski definition) is 5. The molecule has 1 heterocycles. The highest BCUT2D eigenvalue weighted by molar-refractivity contribution is 5.91. The maximum Gasteiger partial charge on any atom is 0.355 e. The number of rotatable bonds is 10. The number of methoxy groups -OCH3 is 1. The number of nitrogens with zero attached hydrogens (tertiary/aromatic N) is 1. The van der Waals surface area contributed by atoms with E-state index in [4.69, 9.17) is 14.2 Å². The Balaban J connectivity index is 1.86. The molecule has 2 N–H and O–H groups in total. The summed E-state index contributed by atoms with van der Waals surface area (Å²) < 4.78 is 15.9. The number of esters is 1. The van der Waals surface area contributed by atoms with Crippen molar-refractivity contribution in [3.8, 4) is 11.5 Å². The molecule has 1 aromatic heterocycles. The number of anilines is 1. The summed E-state index contributed by atoms with van der Waals surface area (Å²) in [5.41, 5.74) is 4.49. The molecule has 0 saturated carbocycles. The Morgan fingerprint density at radius 1 is 0.914 bits per heavy atom. The Kier molecular flexibility index (Phi) is 8.78. The Hall–Kier alpha value is -3.94. The van der Waals surface area contributed by atoms with Crippen LogP contribution < -0.4 is 14.8 Å². The van der Waals surface area contributed by atoms with Crippen LogP contribution in [0.2, 0.25) is 0 Å². The van der Waals surface area contributed by atoms with Crippen molar-refractivity contribution < 1.29 is 23.8 Å². The number of hydrogen-bond donors (Lipinski definition) is 2. The number of H-pyrrole nitrogens is 1. The molecule has 0 aliphatic rings. The van der Waals surface area contributed by atoms with Gasteiger partial charge in [-0.25, -0.2) is 9.59 Å². The summed E-state index contributed by atoms with van der Waals surface area (Å²) in [6.07, 6.45) is 0. The SMILES string of the molecule is CCOC(=O)c1[nH]c(C)c(CN(Cc2ccc(OC)cc2)C(=O)Nc2ccc(OCC)cc2)c1C. The van der Waals surface area contributed by atoms with Crippen LogP contribution >= 0.6 is 0 Å². The first-order valence-corrected chi connectivity index (χ1v) is 11.6. The minimum Gasteiger partial charge on any atom is -0.497 e. The maximum absolute atomic E-state index is 13.4. The molecule has 3 aromatic rings. The van der Waals surface area contributed by atoms with Crippen molar-refractivity contribution in [2.45, 2.75) is 40.8 Å². The molecule has 0 saturated heterocycles. The highest BCUT2D eigenvalue weighted by Gasteiger charge is 2.23. The lowest BCUT2D eigenvalue weighted by Crippen LogP contribution is -2.34. The lowest BCUT2D eigenvalue weighted by molar-refractivity contribution is 0.0519. The van der Waals surface area contributed by atoms with Crippen molar-refractivity contribution in [1.29, 1.82) is 0 Å². The van der Waals surface area contributed by atoms with Gasteiger partial charge >= 0.3 is 12.0 Å². The number of aromatic nitrogens is 1. The molecule has 186 valence electrons. The van der Waals surface area contributed by atoms with Crippen LogP contribution in [-0.2, 0) is 17.8 Å². The van der Waals surface area contributed by atoms with E-state index in [1.54, 1.807) is 31.1 Å². The van der Waals surface area contributed by atoms with Crippen molar-refractivity contribution in [3.63, 3.8) is 0 Å². The summed E-state index contributed by atoms with van der Waals surface area (Å²) in [7, 11) is 1.62. The van der Waals surface area contributed by atoms with Crippen LogP contribution in [0.1, 0.15) is 46.7 Å². The van der Waals surface area contributed by atoms with Crippen LogP contribution in [-0.4, -0.2) is 42.2 Å². The van der Waals surface area contributed by atoms with Crippen LogP contribution in [0.15, 0.2) is 48.5 Å². The summed E-state index contributed by atoms with van der Waals surface area (Å²) >= 11 is 0. The highest BCUT2D eigenvalue weighted by atomic mass is 16.5. The number of carbonyl (C=O) groups is 2. The number of amides is 2. The summed E-state index contributed by atoms with van der Waals surface area (Å²) in [5, 5.41) is 2.97. The fourth-order valence-corrected chi connectivity index (χ4v) is 3.78. The number of urea groups is 1. The van der Waals surface area contributed by atoms with E-state index in [1.807, 2.05) is 57.2 Å². The zero-order valence-corrected chi connectivity index (χ0v) is 20.9. The molecule has 0 spiro atoms. The van der Waals surface area contributed by atoms with Crippen LogP contribution in [0.5, 0.6) is 11.5 Å². The first-order valence-electron chi connectivity index (χ1n) is 11.6. The first kappa shape index (κ1) is 25.7. The normalized spacial score (nSPS) is 10.5. The van der Waals surface area contributed by atoms with Gasteiger partial charge in [-0.15, -0.1) is 0 Å². The van der Waals surface area contributed by atoms with E-state index >= 15 is 0 Å². The first-order chi connectivity index (χ1) is 16.9. The van der Waals surface area contributed by atoms with Gasteiger partial charge in [-0.3, -0.25) is 0 Å². The molecule has 35 heavy (non-hydrogen) atoms. The topological polar surface area (TPSA) is 92.9 Å². The summed E-state index contributed by atoms with van der Waals surface area (Å²) in [4.78, 5) is 30.6. The molecule has 0 bridgehead atoms. The number of aromatic amines is 1. The van der Waals surface area contributed by atoms with Gasteiger partial charge in [-0.2, -0.15) is 0 Å². The van der Waals surface area contributed by atoms with Gasteiger partial charge in [0, 0.05) is 24.5 Å². The van der Waals surface area contributed by atoms with Crippen molar-refractivity contribution in [2.24, 2.45) is 0 Å². The molecule has 0 aliphatic heterocycles. The van der Waals surface area contributed by atoms with Crippen LogP contribution in [0.3, 0.4) is 0 Å². The van der Waals surface area contributed by atoms with E-state index in [-0.39, 0.29) is 6.03 Å². The summed E-state index contributed by atoms with van der Waals surface area (Å²) in [6, 6.07) is 14.6. The lowest BCUT2D eigenvalue weighted by Gasteiger charge is -2.24. The fourth-order valence-electron chi connectivity index (χ4n) is 3.78. The van der Waals surface area contributed by atoms with Crippen LogP contribution in [0.4, 0.5) is 10.5 Å². The second-order valence-corrected chi connectivity index (χ2v) is 8.04. The van der Waals surface area contributed by atoms with Gasteiger partial charge in [0.05, 0.1) is 20.3 Å². The van der Waals surface area contributed by atoms with Crippen LogP contribution in [0.25, 0.3) is 0 Å².